The van der Waals surface area contributed by atoms with Gasteiger partial charge in [-0.2, -0.15) is 5.10 Å². The number of benzene rings is 3. The number of aryl methyl sites for hydroxylation is 1. The molecule has 1 atom stereocenters. The number of rotatable bonds is 5. The van der Waals surface area contributed by atoms with E-state index in [-0.39, 0.29) is 24.0 Å². The molecule has 0 radical (unpaired) electrons. The van der Waals surface area contributed by atoms with Gasteiger partial charge in [-0.25, -0.2) is 4.39 Å². The topological polar surface area (TPSA) is 69.2 Å². The standard InChI is InChI=1S/C28H25ClFN3O2/c1-15(2)18-6-8-19(9-7-18)27-24-25(21-13-22(29)16(3)12-23(21)34)31-32-26(24)28(35)33(27)14-17-4-10-20(30)11-5-17/h4-13,15,27,34H,14H2,1-3H3,(H,31,32). The van der Waals surface area contributed by atoms with Crippen LogP contribution in [0.5, 0.6) is 5.75 Å². The van der Waals surface area contributed by atoms with Crippen LogP contribution in [0.4, 0.5) is 4.39 Å². The molecule has 0 aliphatic carbocycles. The lowest BCUT2D eigenvalue weighted by Gasteiger charge is -2.27. The number of hydrogen-bond donors (Lipinski definition) is 2. The summed E-state index contributed by atoms with van der Waals surface area (Å²) >= 11 is 6.37. The van der Waals surface area contributed by atoms with Gasteiger partial charge in [-0.1, -0.05) is 61.8 Å². The average molecular weight is 490 g/mol. The molecule has 3 aromatic carbocycles. The minimum Gasteiger partial charge on any atom is -0.507 e. The van der Waals surface area contributed by atoms with Gasteiger partial charge in [-0.15, -0.1) is 0 Å². The molecule has 7 heteroatoms. The van der Waals surface area contributed by atoms with Gasteiger partial charge in [0.1, 0.15) is 23.0 Å². The first-order valence-electron chi connectivity index (χ1n) is 11.5. The summed E-state index contributed by atoms with van der Waals surface area (Å²) in [6.45, 7) is 6.36. The third-order valence-electron chi connectivity index (χ3n) is 6.58. The Kier molecular flexibility index (Phi) is 5.85. The van der Waals surface area contributed by atoms with Gasteiger partial charge in [0.05, 0.1) is 6.04 Å². The second-order valence-corrected chi connectivity index (χ2v) is 9.67. The predicted molar refractivity (Wildman–Crippen MR) is 134 cm³/mol. The number of phenols is 1. The predicted octanol–water partition coefficient (Wildman–Crippen LogP) is 6.75. The van der Waals surface area contributed by atoms with E-state index in [9.17, 15) is 14.3 Å². The Morgan fingerprint density at radius 2 is 1.80 bits per heavy atom. The Bertz CT molecular complexity index is 1410. The molecule has 5 nitrogen and oxygen atoms in total. The number of halogens is 2. The second kappa shape index (κ2) is 8.86. The molecule has 0 saturated carbocycles. The number of H-pyrrole nitrogens is 1. The monoisotopic (exact) mass is 489 g/mol. The summed E-state index contributed by atoms with van der Waals surface area (Å²) in [7, 11) is 0. The average Bonchev–Trinajstić information content (AvgIpc) is 3.37. The molecule has 4 aromatic rings. The maximum absolute atomic E-state index is 13.6. The van der Waals surface area contributed by atoms with E-state index in [2.05, 4.69) is 36.2 Å². The Morgan fingerprint density at radius 3 is 2.46 bits per heavy atom. The van der Waals surface area contributed by atoms with E-state index in [1.807, 2.05) is 19.1 Å². The van der Waals surface area contributed by atoms with Gasteiger partial charge in [0.15, 0.2) is 0 Å². The third kappa shape index (κ3) is 4.08. The molecule has 1 aromatic heterocycles. The highest BCUT2D eigenvalue weighted by Gasteiger charge is 2.42. The fourth-order valence-corrected chi connectivity index (χ4v) is 4.78. The largest absolute Gasteiger partial charge is 0.507 e. The van der Waals surface area contributed by atoms with Crippen molar-refractivity contribution in [3.63, 3.8) is 0 Å². The second-order valence-electron chi connectivity index (χ2n) is 9.26. The van der Waals surface area contributed by atoms with Crippen LogP contribution >= 0.6 is 11.6 Å². The number of amides is 1. The minimum absolute atomic E-state index is 0.0412. The first kappa shape index (κ1) is 23.1. The van der Waals surface area contributed by atoms with Crippen molar-refractivity contribution < 1.29 is 14.3 Å². The molecule has 1 aliphatic heterocycles. The highest BCUT2D eigenvalue weighted by atomic mass is 35.5. The summed E-state index contributed by atoms with van der Waals surface area (Å²) < 4.78 is 13.5. The van der Waals surface area contributed by atoms with Gasteiger partial charge in [0.2, 0.25) is 0 Å². The SMILES string of the molecule is Cc1cc(O)c(-c2n[nH]c3c2C(c2ccc(C(C)C)cc2)N(Cc2ccc(F)cc2)C3=O)cc1Cl. The Balaban J connectivity index is 1.66. The van der Waals surface area contributed by atoms with E-state index in [1.165, 1.54) is 17.7 Å². The van der Waals surface area contributed by atoms with E-state index >= 15 is 0 Å². The number of nitrogens with zero attached hydrogens (tertiary/aromatic N) is 2. The van der Waals surface area contributed by atoms with E-state index in [1.54, 1.807) is 29.2 Å². The van der Waals surface area contributed by atoms with Gasteiger partial charge in [0.25, 0.3) is 5.91 Å². The highest BCUT2D eigenvalue weighted by molar-refractivity contribution is 6.31. The zero-order chi connectivity index (χ0) is 24.9. The van der Waals surface area contributed by atoms with Gasteiger partial charge in [0, 0.05) is 22.7 Å². The molecule has 5 rings (SSSR count). The highest BCUT2D eigenvalue weighted by Crippen LogP contribution is 2.46. The smallest absolute Gasteiger partial charge is 0.273 e. The van der Waals surface area contributed by atoms with Crippen LogP contribution in [0.1, 0.15) is 64.1 Å². The maximum Gasteiger partial charge on any atom is 0.273 e. The summed E-state index contributed by atoms with van der Waals surface area (Å²) in [4.78, 5) is 15.3. The number of aromatic hydroxyl groups is 1. The number of nitrogens with one attached hydrogen (secondary N) is 1. The molecule has 178 valence electrons. The first-order valence-corrected chi connectivity index (χ1v) is 11.9. The Hall–Kier alpha value is -3.64. The number of aromatic amines is 1. The molecule has 1 unspecified atom stereocenters. The van der Waals surface area contributed by atoms with Crippen molar-refractivity contribution in [3.8, 4) is 17.0 Å². The molecule has 2 N–H and O–H groups in total. The lowest BCUT2D eigenvalue weighted by Crippen LogP contribution is -2.29. The van der Waals surface area contributed by atoms with Crippen molar-refractivity contribution in [1.29, 1.82) is 0 Å². The molecule has 35 heavy (non-hydrogen) atoms. The molecule has 0 bridgehead atoms. The van der Waals surface area contributed by atoms with Crippen LogP contribution < -0.4 is 0 Å². The first-order chi connectivity index (χ1) is 16.7. The fraction of sp³-hybridized carbons (Fsp3) is 0.214. The quantitative estimate of drug-likeness (QED) is 0.325. The fourth-order valence-electron chi connectivity index (χ4n) is 4.62. The normalized spacial score (nSPS) is 15.2. The zero-order valence-electron chi connectivity index (χ0n) is 19.6. The van der Waals surface area contributed by atoms with Crippen molar-refractivity contribution in [3.05, 3.63) is 105 Å². The van der Waals surface area contributed by atoms with E-state index in [0.29, 0.717) is 33.5 Å². The molecule has 1 aliphatic rings. The van der Waals surface area contributed by atoms with Crippen LogP contribution in [-0.2, 0) is 6.54 Å². The molecule has 0 fully saturated rings. The van der Waals surface area contributed by atoms with Crippen molar-refractivity contribution in [2.45, 2.75) is 39.3 Å². The summed E-state index contributed by atoms with van der Waals surface area (Å²) in [5, 5.41) is 18.5. The van der Waals surface area contributed by atoms with Crippen molar-refractivity contribution in [1.82, 2.24) is 15.1 Å². The molecule has 2 heterocycles. The third-order valence-corrected chi connectivity index (χ3v) is 6.99. The van der Waals surface area contributed by atoms with E-state index < -0.39 is 6.04 Å². The van der Waals surface area contributed by atoms with Crippen LogP contribution in [0.2, 0.25) is 5.02 Å². The number of hydrogen-bond acceptors (Lipinski definition) is 3. The van der Waals surface area contributed by atoms with Crippen LogP contribution in [0.25, 0.3) is 11.3 Å². The number of carbonyl (C=O) groups is 1. The summed E-state index contributed by atoms with van der Waals surface area (Å²) in [5.41, 5.74) is 5.66. The van der Waals surface area contributed by atoms with E-state index in [0.717, 1.165) is 16.7 Å². The lowest BCUT2D eigenvalue weighted by atomic mass is 9.93. The van der Waals surface area contributed by atoms with Gasteiger partial charge < -0.3 is 10.0 Å². The molecule has 1 amide bonds. The van der Waals surface area contributed by atoms with Crippen LogP contribution in [0.15, 0.2) is 60.7 Å². The Morgan fingerprint density at radius 1 is 1.11 bits per heavy atom. The number of phenolic OH excluding ortho intramolecular Hbond substituents is 1. The van der Waals surface area contributed by atoms with Crippen LogP contribution in [0.3, 0.4) is 0 Å². The Labute approximate surface area is 208 Å². The van der Waals surface area contributed by atoms with Crippen molar-refractivity contribution in [2.24, 2.45) is 0 Å². The van der Waals surface area contributed by atoms with Crippen molar-refractivity contribution in [2.75, 3.05) is 0 Å². The maximum atomic E-state index is 13.6. The summed E-state index contributed by atoms with van der Waals surface area (Å²) in [6, 6.07) is 17.2. The van der Waals surface area contributed by atoms with Gasteiger partial charge in [-0.05, 0) is 59.4 Å². The zero-order valence-corrected chi connectivity index (χ0v) is 20.4. The molecular weight excluding hydrogens is 465 g/mol. The van der Waals surface area contributed by atoms with Crippen LogP contribution in [0, 0.1) is 12.7 Å². The summed E-state index contributed by atoms with van der Waals surface area (Å²) in [6.07, 6.45) is 0. The molecule has 0 saturated heterocycles. The van der Waals surface area contributed by atoms with Gasteiger partial charge >= 0.3 is 0 Å². The molecular formula is C28H25ClFN3O2. The van der Waals surface area contributed by atoms with E-state index in [4.69, 9.17) is 11.6 Å². The number of aromatic nitrogens is 2. The molecule has 0 spiro atoms. The number of fused-ring (bicyclic) bond motifs is 1. The summed E-state index contributed by atoms with van der Waals surface area (Å²) in [5.74, 6) is -0.125. The lowest BCUT2D eigenvalue weighted by molar-refractivity contribution is 0.0730. The van der Waals surface area contributed by atoms with Crippen molar-refractivity contribution >= 4 is 17.5 Å². The van der Waals surface area contributed by atoms with Gasteiger partial charge in [-0.3, -0.25) is 9.89 Å². The number of carbonyl (C=O) groups excluding carboxylic acids is 1. The van der Waals surface area contributed by atoms with Crippen LogP contribution in [-0.4, -0.2) is 26.1 Å². The minimum atomic E-state index is -0.447.